The summed E-state index contributed by atoms with van der Waals surface area (Å²) in [6.07, 6.45) is 0. The predicted molar refractivity (Wildman–Crippen MR) is 58.7 cm³/mol. The van der Waals surface area contributed by atoms with Crippen molar-refractivity contribution in [2.75, 3.05) is 7.05 Å². The molecule has 0 saturated carbocycles. The number of nitrogens with two attached hydrogens (primary N) is 1. The molecule has 0 aliphatic carbocycles. The molecule has 0 aromatic heterocycles. The van der Waals surface area contributed by atoms with E-state index in [1.165, 1.54) is 7.05 Å². The van der Waals surface area contributed by atoms with Gasteiger partial charge in [-0.1, -0.05) is 34.1 Å². The Bertz CT molecular complexity index is 419. The zero-order valence-electron chi connectivity index (χ0n) is 7.64. The number of hydrogen-bond acceptors (Lipinski definition) is 2. The number of rotatable bonds is 3. The van der Waals surface area contributed by atoms with E-state index in [0.717, 1.165) is 14.3 Å². The monoisotopic (exact) mass is 278 g/mol. The molecular weight excluding hydrogens is 268 g/mol. The van der Waals surface area contributed by atoms with Crippen LogP contribution >= 0.6 is 15.9 Å². The van der Waals surface area contributed by atoms with Crippen LogP contribution < -0.4 is 5.14 Å². The molecular formula is C8H11BrN2O2S. The second-order valence-electron chi connectivity index (χ2n) is 2.89. The van der Waals surface area contributed by atoms with Gasteiger partial charge in [0, 0.05) is 18.1 Å². The molecule has 1 rings (SSSR count). The van der Waals surface area contributed by atoms with Crippen LogP contribution in [0.2, 0.25) is 0 Å². The van der Waals surface area contributed by atoms with Gasteiger partial charge in [0.05, 0.1) is 0 Å². The van der Waals surface area contributed by atoms with Gasteiger partial charge in [-0.25, -0.2) is 5.14 Å². The molecule has 0 amide bonds. The van der Waals surface area contributed by atoms with Gasteiger partial charge < -0.3 is 0 Å². The van der Waals surface area contributed by atoms with E-state index >= 15 is 0 Å². The molecule has 0 spiro atoms. The molecule has 0 radical (unpaired) electrons. The second-order valence-corrected chi connectivity index (χ2v) is 5.40. The fraction of sp³-hybridized carbons (Fsp3) is 0.250. The van der Waals surface area contributed by atoms with E-state index in [1.807, 2.05) is 24.3 Å². The SMILES string of the molecule is CN(Cc1ccccc1Br)S(N)(=O)=O. The van der Waals surface area contributed by atoms with Gasteiger partial charge >= 0.3 is 0 Å². The van der Waals surface area contributed by atoms with Gasteiger partial charge in [-0.05, 0) is 11.6 Å². The Kier molecular flexibility index (Phi) is 3.65. The number of nitrogens with zero attached hydrogens (tertiary/aromatic N) is 1. The lowest BCUT2D eigenvalue weighted by Crippen LogP contribution is -2.32. The fourth-order valence-electron chi connectivity index (χ4n) is 0.956. The summed E-state index contributed by atoms with van der Waals surface area (Å²) < 4.78 is 23.8. The van der Waals surface area contributed by atoms with Gasteiger partial charge in [-0.3, -0.25) is 0 Å². The van der Waals surface area contributed by atoms with Crippen molar-refractivity contribution in [1.29, 1.82) is 0 Å². The first kappa shape index (κ1) is 11.6. The third-order valence-electron chi connectivity index (χ3n) is 1.79. The molecule has 0 bridgehead atoms. The molecule has 2 N–H and O–H groups in total. The Hall–Kier alpha value is -0.430. The van der Waals surface area contributed by atoms with Crippen molar-refractivity contribution in [3.8, 4) is 0 Å². The summed E-state index contributed by atoms with van der Waals surface area (Å²) >= 11 is 3.33. The van der Waals surface area contributed by atoms with E-state index in [9.17, 15) is 8.42 Å². The quantitative estimate of drug-likeness (QED) is 0.900. The van der Waals surface area contributed by atoms with E-state index in [4.69, 9.17) is 5.14 Å². The van der Waals surface area contributed by atoms with Crippen molar-refractivity contribution in [3.63, 3.8) is 0 Å². The molecule has 0 saturated heterocycles. The van der Waals surface area contributed by atoms with Crippen molar-refractivity contribution in [2.45, 2.75) is 6.54 Å². The zero-order chi connectivity index (χ0) is 10.8. The number of benzene rings is 1. The smallest absolute Gasteiger partial charge is 0.216 e. The first-order valence-electron chi connectivity index (χ1n) is 3.88. The third-order valence-corrected chi connectivity index (χ3v) is 3.56. The van der Waals surface area contributed by atoms with E-state index in [0.29, 0.717) is 0 Å². The second kappa shape index (κ2) is 4.39. The summed E-state index contributed by atoms with van der Waals surface area (Å²) in [5, 5.41) is 4.96. The molecule has 0 unspecified atom stereocenters. The maximum atomic E-state index is 10.9. The van der Waals surface area contributed by atoms with Crippen molar-refractivity contribution in [3.05, 3.63) is 34.3 Å². The van der Waals surface area contributed by atoms with Crippen LogP contribution in [0.25, 0.3) is 0 Å². The molecule has 14 heavy (non-hydrogen) atoms. The third kappa shape index (κ3) is 3.06. The zero-order valence-corrected chi connectivity index (χ0v) is 10.0. The van der Waals surface area contributed by atoms with Crippen LogP contribution in [-0.2, 0) is 16.8 Å². The van der Waals surface area contributed by atoms with Crippen LogP contribution in [-0.4, -0.2) is 19.8 Å². The molecule has 0 aliphatic heterocycles. The number of halogens is 1. The molecule has 0 fully saturated rings. The van der Waals surface area contributed by atoms with Gasteiger partial charge in [0.15, 0.2) is 0 Å². The van der Waals surface area contributed by atoms with Crippen LogP contribution in [0.3, 0.4) is 0 Å². The normalized spacial score (nSPS) is 12.0. The lowest BCUT2D eigenvalue weighted by atomic mass is 10.2. The fourth-order valence-corrected chi connectivity index (χ4v) is 1.69. The molecule has 1 aromatic carbocycles. The average molecular weight is 279 g/mol. The van der Waals surface area contributed by atoms with Crippen LogP contribution in [0.1, 0.15) is 5.56 Å². The van der Waals surface area contributed by atoms with Gasteiger partial charge in [-0.2, -0.15) is 12.7 Å². The Morgan fingerprint density at radius 1 is 1.43 bits per heavy atom. The highest BCUT2D eigenvalue weighted by atomic mass is 79.9. The van der Waals surface area contributed by atoms with Gasteiger partial charge in [0.2, 0.25) is 0 Å². The van der Waals surface area contributed by atoms with E-state index in [-0.39, 0.29) is 6.54 Å². The summed E-state index contributed by atoms with van der Waals surface area (Å²) in [5.74, 6) is 0. The molecule has 0 heterocycles. The summed E-state index contributed by atoms with van der Waals surface area (Å²) in [6, 6.07) is 7.40. The largest absolute Gasteiger partial charge is 0.276 e. The summed E-state index contributed by atoms with van der Waals surface area (Å²) in [5.41, 5.74) is 0.879. The van der Waals surface area contributed by atoms with Crippen molar-refractivity contribution in [2.24, 2.45) is 5.14 Å². The van der Waals surface area contributed by atoms with E-state index < -0.39 is 10.2 Å². The molecule has 0 aliphatic rings. The Morgan fingerprint density at radius 2 is 2.00 bits per heavy atom. The molecule has 78 valence electrons. The summed E-state index contributed by atoms with van der Waals surface area (Å²) in [6.45, 7) is 0.264. The van der Waals surface area contributed by atoms with Crippen LogP contribution in [0.5, 0.6) is 0 Å². The maximum absolute atomic E-state index is 10.9. The lowest BCUT2D eigenvalue weighted by molar-refractivity contribution is 0.467. The van der Waals surface area contributed by atoms with Gasteiger partial charge in [0.25, 0.3) is 10.2 Å². The van der Waals surface area contributed by atoms with E-state index in [1.54, 1.807) is 0 Å². The van der Waals surface area contributed by atoms with Crippen LogP contribution in [0.4, 0.5) is 0 Å². The van der Waals surface area contributed by atoms with Crippen molar-refractivity contribution in [1.82, 2.24) is 4.31 Å². The minimum absolute atomic E-state index is 0.264. The highest BCUT2D eigenvalue weighted by Crippen LogP contribution is 2.17. The minimum atomic E-state index is -3.61. The maximum Gasteiger partial charge on any atom is 0.276 e. The minimum Gasteiger partial charge on any atom is -0.216 e. The Balaban J connectivity index is 2.85. The summed E-state index contributed by atoms with van der Waals surface area (Å²) in [7, 11) is -2.17. The predicted octanol–water partition coefficient (Wildman–Crippen LogP) is 1.08. The highest BCUT2D eigenvalue weighted by Gasteiger charge is 2.12. The van der Waals surface area contributed by atoms with Crippen LogP contribution in [0.15, 0.2) is 28.7 Å². The highest BCUT2D eigenvalue weighted by molar-refractivity contribution is 9.10. The molecule has 1 aromatic rings. The summed E-state index contributed by atoms with van der Waals surface area (Å²) in [4.78, 5) is 0. The topological polar surface area (TPSA) is 63.4 Å². The molecule has 6 heteroatoms. The standard InChI is InChI=1S/C8H11BrN2O2S/c1-11(14(10,12)13)6-7-4-2-3-5-8(7)9/h2-5H,6H2,1H3,(H2,10,12,13). The molecule has 4 nitrogen and oxygen atoms in total. The molecule has 0 atom stereocenters. The lowest BCUT2D eigenvalue weighted by Gasteiger charge is -2.14. The Morgan fingerprint density at radius 3 is 2.50 bits per heavy atom. The first-order chi connectivity index (χ1) is 6.41. The Labute approximate surface area is 92.0 Å². The number of hydrogen-bond donors (Lipinski definition) is 1. The van der Waals surface area contributed by atoms with Crippen molar-refractivity contribution >= 4 is 26.1 Å². The average Bonchev–Trinajstić information content (AvgIpc) is 2.07. The van der Waals surface area contributed by atoms with Gasteiger partial charge in [0.1, 0.15) is 0 Å². The van der Waals surface area contributed by atoms with Crippen molar-refractivity contribution < 1.29 is 8.42 Å². The first-order valence-corrected chi connectivity index (χ1v) is 6.18. The van der Waals surface area contributed by atoms with Crippen LogP contribution in [0, 0.1) is 0 Å². The van der Waals surface area contributed by atoms with E-state index in [2.05, 4.69) is 15.9 Å². The van der Waals surface area contributed by atoms with Gasteiger partial charge in [-0.15, -0.1) is 0 Å².